The fraction of sp³-hybridized carbons (Fsp3) is 0.929. The van der Waals surface area contributed by atoms with Gasteiger partial charge >= 0.3 is 0 Å². The van der Waals surface area contributed by atoms with E-state index in [9.17, 15) is 0 Å². The van der Waals surface area contributed by atoms with E-state index in [0.717, 1.165) is 37.4 Å². The summed E-state index contributed by atoms with van der Waals surface area (Å²) in [5.41, 5.74) is 0. The molecule has 4 nitrogen and oxygen atoms in total. The molecular formula is C14H30N4S. The van der Waals surface area contributed by atoms with Gasteiger partial charge in [0.15, 0.2) is 5.96 Å². The summed E-state index contributed by atoms with van der Waals surface area (Å²) in [6.45, 7) is 8.18. The molecule has 19 heavy (non-hydrogen) atoms. The second kappa shape index (κ2) is 9.48. The van der Waals surface area contributed by atoms with E-state index in [1.165, 1.54) is 19.3 Å². The van der Waals surface area contributed by atoms with Crippen LogP contribution in [0, 0.1) is 0 Å². The average Bonchev–Trinajstić information content (AvgIpc) is 2.86. The van der Waals surface area contributed by atoms with E-state index >= 15 is 0 Å². The molecule has 2 unspecified atom stereocenters. The van der Waals surface area contributed by atoms with Crippen molar-refractivity contribution in [2.45, 2.75) is 44.4 Å². The maximum absolute atomic E-state index is 4.66. The van der Waals surface area contributed by atoms with Crippen molar-refractivity contribution >= 4 is 17.7 Å². The zero-order valence-electron chi connectivity index (χ0n) is 12.9. The SMILES string of the molecule is CCNC(=NCCN(C)CC)NC1CCC(SC)C1. The first kappa shape index (κ1) is 16.6. The summed E-state index contributed by atoms with van der Waals surface area (Å²) in [5.74, 6) is 0.985. The summed E-state index contributed by atoms with van der Waals surface area (Å²) in [4.78, 5) is 6.95. The number of nitrogens with zero attached hydrogens (tertiary/aromatic N) is 2. The molecule has 0 aromatic carbocycles. The molecular weight excluding hydrogens is 256 g/mol. The molecule has 0 aliphatic heterocycles. The van der Waals surface area contributed by atoms with Gasteiger partial charge in [-0.1, -0.05) is 6.92 Å². The molecule has 2 atom stereocenters. The molecule has 5 heteroatoms. The lowest BCUT2D eigenvalue weighted by Crippen LogP contribution is -2.43. The molecule has 1 fully saturated rings. The van der Waals surface area contributed by atoms with Crippen LogP contribution < -0.4 is 10.6 Å². The molecule has 1 aliphatic rings. The zero-order valence-corrected chi connectivity index (χ0v) is 13.7. The summed E-state index contributed by atoms with van der Waals surface area (Å²) in [6.07, 6.45) is 6.08. The van der Waals surface area contributed by atoms with Crippen molar-refractivity contribution < 1.29 is 0 Å². The third-order valence-electron chi connectivity index (χ3n) is 3.69. The Labute approximate surface area is 122 Å². The van der Waals surface area contributed by atoms with Crippen molar-refractivity contribution in [3.05, 3.63) is 0 Å². The first-order valence-corrected chi connectivity index (χ1v) is 8.74. The zero-order chi connectivity index (χ0) is 14.1. The third-order valence-corrected chi connectivity index (χ3v) is 4.79. The summed E-state index contributed by atoms with van der Waals surface area (Å²) in [5, 5.41) is 7.75. The minimum atomic E-state index is 0.596. The standard InChI is InChI=1S/C14H30N4S/c1-5-15-14(16-9-10-18(3)6-2)17-12-7-8-13(11-12)19-4/h12-13H,5-11H2,1-4H3,(H2,15,16,17). The molecule has 0 aromatic heterocycles. The monoisotopic (exact) mass is 286 g/mol. The molecule has 1 aliphatic carbocycles. The van der Waals surface area contributed by atoms with E-state index < -0.39 is 0 Å². The van der Waals surface area contributed by atoms with Gasteiger partial charge in [-0.2, -0.15) is 11.8 Å². The number of likely N-dealkylation sites (N-methyl/N-ethyl adjacent to an activating group) is 1. The number of hydrogen-bond acceptors (Lipinski definition) is 3. The van der Waals surface area contributed by atoms with Crippen LogP contribution in [0.3, 0.4) is 0 Å². The maximum Gasteiger partial charge on any atom is 0.191 e. The van der Waals surface area contributed by atoms with Crippen LogP contribution in [-0.4, -0.2) is 61.6 Å². The van der Waals surface area contributed by atoms with Gasteiger partial charge in [0.1, 0.15) is 0 Å². The van der Waals surface area contributed by atoms with Crippen molar-refractivity contribution in [1.82, 2.24) is 15.5 Å². The van der Waals surface area contributed by atoms with Gasteiger partial charge in [-0.25, -0.2) is 0 Å². The lowest BCUT2D eigenvalue weighted by Gasteiger charge is -2.18. The Morgan fingerprint density at radius 2 is 2.16 bits per heavy atom. The molecule has 0 aromatic rings. The molecule has 0 heterocycles. The Morgan fingerprint density at radius 1 is 1.37 bits per heavy atom. The molecule has 0 spiro atoms. The van der Waals surface area contributed by atoms with E-state index in [4.69, 9.17) is 0 Å². The predicted molar refractivity (Wildman–Crippen MR) is 87.2 cm³/mol. The first-order chi connectivity index (χ1) is 9.19. The van der Waals surface area contributed by atoms with Crippen molar-refractivity contribution in [2.75, 3.05) is 39.5 Å². The molecule has 0 bridgehead atoms. The van der Waals surface area contributed by atoms with Gasteiger partial charge in [-0.3, -0.25) is 4.99 Å². The van der Waals surface area contributed by atoms with Gasteiger partial charge in [0.05, 0.1) is 6.54 Å². The lowest BCUT2D eigenvalue weighted by molar-refractivity contribution is 0.363. The van der Waals surface area contributed by atoms with Crippen molar-refractivity contribution in [2.24, 2.45) is 4.99 Å². The second-order valence-corrected chi connectivity index (χ2v) is 6.31. The highest BCUT2D eigenvalue weighted by atomic mass is 32.2. The molecule has 0 amide bonds. The van der Waals surface area contributed by atoms with Crippen LogP contribution in [0.4, 0.5) is 0 Å². The molecule has 0 saturated heterocycles. The van der Waals surface area contributed by atoms with E-state index in [2.05, 4.69) is 47.7 Å². The highest BCUT2D eigenvalue weighted by molar-refractivity contribution is 7.99. The topological polar surface area (TPSA) is 39.7 Å². The van der Waals surface area contributed by atoms with Gasteiger partial charge in [0.2, 0.25) is 0 Å². The number of aliphatic imine (C=N–C) groups is 1. The summed E-state index contributed by atoms with van der Waals surface area (Å²) >= 11 is 1.99. The van der Waals surface area contributed by atoms with Crippen molar-refractivity contribution in [3.8, 4) is 0 Å². The van der Waals surface area contributed by atoms with Crippen molar-refractivity contribution in [3.63, 3.8) is 0 Å². The number of rotatable bonds is 7. The van der Waals surface area contributed by atoms with Gasteiger partial charge in [0, 0.05) is 24.4 Å². The van der Waals surface area contributed by atoms with E-state index in [0.29, 0.717) is 6.04 Å². The minimum absolute atomic E-state index is 0.596. The minimum Gasteiger partial charge on any atom is -0.357 e. The molecule has 1 saturated carbocycles. The summed E-state index contributed by atoms with van der Waals surface area (Å²) in [6, 6.07) is 0.596. The van der Waals surface area contributed by atoms with Crippen LogP contribution in [0.5, 0.6) is 0 Å². The maximum atomic E-state index is 4.66. The fourth-order valence-electron chi connectivity index (χ4n) is 2.29. The second-order valence-electron chi connectivity index (χ2n) is 5.17. The van der Waals surface area contributed by atoms with Gasteiger partial charge in [-0.05, 0) is 46.0 Å². The molecule has 2 N–H and O–H groups in total. The van der Waals surface area contributed by atoms with Crippen LogP contribution in [0.25, 0.3) is 0 Å². The lowest BCUT2D eigenvalue weighted by atomic mass is 10.2. The summed E-state index contributed by atoms with van der Waals surface area (Å²) < 4.78 is 0. The average molecular weight is 286 g/mol. The summed E-state index contributed by atoms with van der Waals surface area (Å²) in [7, 11) is 2.13. The Hall–Kier alpha value is -0.420. The quantitative estimate of drug-likeness (QED) is 0.553. The Morgan fingerprint density at radius 3 is 2.74 bits per heavy atom. The number of nitrogens with one attached hydrogen (secondary N) is 2. The van der Waals surface area contributed by atoms with E-state index in [-0.39, 0.29) is 0 Å². The molecule has 0 radical (unpaired) electrons. The third kappa shape index (κ3) is 6.52. The van der Waals surface area contributed by atoms with Crippen LogP contribution in [0.15, 0.2) is 4.99 Å². The highest BCUT2D eigenvalue weighted by Crippen LogP contribution is 2.27. The van der Waals surface area contributed by atoms with Crippen LogP contribution in [0.1, 0.15) is 33.1 Å². The number of guanidine groups is 1. The normalized spacial score (nSPS) is 23.9. The highest BCUT2D eigenvalue weighted by Gasteiger charge is 2.24. The molecule has 1 rings (SSSR count). The van der Waals surface area contributed by atoms with Gasteiger partial charge in [0.25, 0.3) is 0 Å². The smallest absolute Gasteiger partial charge is 0.191 e. The van der Waals surface area contributed by atoms with Crippen LogP contribution in [0.2, 0.25) is 0 Å². The van der Waals surface area contributed by atoms with Crippen LogP contribution >= 0.6 is 11.8 Å². The van der Waals surface area contributed by atoms with E-state index in [1.54, 1.807) is 0 Å². The first-order valence-electron chi connectivity index (χ1n) is 7.45. The number of thioether (sulfide) groups is 1. The Bertz CT molecular complexity index is 270. The Kier molecular flexibility index (Phi) is 8.30. The van der Waals surface area contributed by atoms with Crippen molar-refractivity contribution in [1.29, 1.82) is 0 Å². The van der Waals surface area contributed by atoms with E-state index in [1.807, 2.05) is 11.8 Å². The van der Waals surface area contributed by atoms with Crippen LogP contribution in [-0.2, 0) is 0 Å². The van der Waals surface area contributed by atoms with Gasteiger partial charge in [-0.15, -0.1) is 0 Å². The Balaban J connectivity index is 2.37. The largest absolute Gasteiger partial charge is 0.357 e. The molecule has 112 valence electrons. The fourth-order valence-corrected chi connectivity index (χ4v) is 3.09. The number of hydrogen-bond donors (Lipinski definition) is 2. The predicted octanol–water partition coefficient (Wildman–Crippen LogP) is 1.78. The van der Waals surface area contributed by atoms with Gasteiger partial charge < -0.3 is 15.5 Å².